The maximum Gasteiger partial charge on any atom is 0.259 e. The fourth-order valence-corrected chi connectivity index (χ4v) is 2.45. The Hall–Kier alpha value is -3.15. The standard InChI is InChI=1S/C19H20N4O2/c1-13(2)25-18-9-14(15-10-21-23(3)12-15)6-7-17(18)19(24)22-16-5-4-8-20-11-16/h4-13H,1-3H3,(H,22,24). The van der Waals surface area contributed by atoms with Crippen molar-refractivity contribution in [1.82, 2.24) is 14.8 Å². The Morgan fingerprint density at radius 1 is 1.20 bits per heavy atom. The molecule has 0 saturated carbocycles. The second-order valence-corrected chi connectivity index (χ2v) is 5.98. The van der Waals surface area contributed by atoms with Gasteiger partial charge in [-0.05, 0) is 43.7 Å². The van der Waals surface area contributed by atoms with Gasteiger partial charge in [-0.15, -0.1) is 0 Å². The molecule has 0 saturated heterocycles. The number of benzene rings is 1. The molecule has 0 spiro atoms. The number of aromatic nitrogens is 3. The third-order valence-electron chi connectivity index (χ3n) is 3.55. The number of carbonyl (C=O) groups excluding carboxylic acids is 1. The molecule has 0 fully saturated rings. The smallest absolute Gasteiger partial charge is 0.259 e. The van der Waals surface area contributed by atoms with Crippen molar-refractivity contribution in [2.24, 2.45) is 7.05 Å². The van der Waals surface area contributed by atoms with Crippen LogP contribution in [0.5, 0.6) is 5.75 Å². The largest absolute Gasteiger partial charge is 0.490 e. The molecule has 3 rings (SSSR count). The maximum absolute atomic E-state index is 12.6. The van der Waals surface area contributed by atoms with Crippen molar-refractivity contribution in [2.45, 2.75) is 20.0 Å². The first kappa shape index (κ1) is 16.7. The Labute approximate surface area is 146 Å². The minimum atomic E-state index is -0.235. The van der Waals surface area contributed by atoms with Crippen molar-refractivity contribution in [2.75, 3.05) is 5.32 Å². The molecule has 0 aliphatic heterocycles. The second-order valence-electron chi connectivity index (χ2n) is 5.98. The highest BCUT2D eigenvalue weighted by molar-refractivity contribution is 6.06. The van der Waals surface area contributed by atoms with Crippen LogP contribution in [0.1, 0.15) is 24.2 Å². The number of pyridine rings is 1. The molecule has 1 aromatic carbocycles. The van der Waals surface area contributed by atoms with E-state index in [1.807, 2.05) is 39.2 Å². The number of hydrogen-bond acceptors (Lipinski definition) is 4. The van der Waals surface area contributed by atoms with Crippen molar-refractivity contribution in [1.29, 1.82) is 0 Å². The van der Waals surface area contributed by atoms with E-state index in [0.717, 1.165) is 11.1 Å². The molecular formula is C19H20N4O2. The van der Waals surface area contributed by atoms with Crippen LogP contribution in [0.3, 0.4) is 0 Å². The van der Waals surface area contributed by atoms with Crippen LogP contribution in [0.4, 0.5) is 5.69 Å². The van der Waals surface area contributed by atoms with E-state index in [0.29, 0.717) is 17.0 Å². The van der Waals surface area contributed by atoms with Crippen LogP contribution in [0.15, 0.2) is 55.1 Å². The normalized spacial score (nSPS) is 10.7. The number of rotatable bonds is 5. The molecule has 0 bridgehead atoms. The highest BCUT2D eigenvalue weighted by Gasteiger charge is 2.16. The number of ether oxygens (including phenoxy) is 1. The van der Waals surface area contributed by atoms with Crippen LogP contribution in [0.2, 0.25) is 0 Å². The molecule has 6 heteroatoms. The minimum absolute atomic E-state index is 0.0471. The van der Waals surface area contributed by atoms with Crippen molar-refractivity contribution >= 4 is 11.6 Å². The molecule has 0 aliphatic rings. The molecule has 0 radical (unpaired) electrons. The van der Waals surface area contributed by atoms with E-state index in [9.17, 15) is 4.79 Å². The van der Waals surface area contributed by atoms with Gasteiger partial charge in [-0.2, -0.15) is 5.10 Å². The van der Waals surface area contributed by atoms with Crippen molar-refractivity contribution in [3.8, 4) is 16.9 Å². The Bertz CT molecular complexity index is 872. The first-order valence-corrected chi connectivity index (χ1v) is 8.04. The van der Waals surface area contributed by atoms with Gasteiger partial charge in [-0.25, -0.2) is 0 Å². The van der Waals surface area contributed by atoms with Gasteiger partial charge in [0.05, 0.1) is 29.7 Å². The van der Waals surface area contributed by atoms with Gasteiger partial charge in [0.15, 0.2) is 0 Å². The summed E-state index contributed by atoms with van der Waals surface area (Å²) in [5.41, 5.74) is 3.03. The average molecular weight is 336 g/mol. The van der Waals surface area contributed by atoms with E-state index < -0.39 is 0 Å². The number of carbonyl (C=O) groups is 1. The SMILES string of the molecule is CC(C)Oc1cc(-c2cnn(C)c2)ccc1C(=O)Nc1cccnc1. The third-order valence-corrected chi connectivity index (χ3v) is 3.55. The molecule has 2 aromatic heterocycles. The number of anilines is 1. The predicted molar refractivity (Wildman–Crippen MR) is 96.6 cm³/mol. The van der Waals surface area contributed by atoms with Gasteiger partial charge in [0.1, 0.15) is 5.75 Å². The first-order chi connectivity index (χ1) is 12.0. The van der Waals surface area contributed by atoms with Crippen LogP contribution in [0, 0.1) is 0 Å². The van der Waals surface area contributed by atoms with Gasteiger partial charge < -0.3 is 10.1 Å². The fraction of sp³-hybridized carbons (Fsp3) is 0.211. The monoisotopic (exact) mass is 336 g/mol. The quantitative estimate of drug-likeness (QED) is 0.774. The summed E-state index contributed by atoms with van der Waals surface area (Å²) in [5, 5.41) is 7.02. The van der Waals surface area contributed by atoms with E-state index in [2.05, 4.69) is 15.4 Å². The third kappa shape index (κ3) is 4.03. The Morgan fingerprint density at radius 3 is 2.68 bits per heavy atom. The van der Waals surface area contributed by atoms with Crippen molar-refractivity contribution in [3.63, 3.8) is 0 Å². The molecule has 1 amide bonds. The molecule has 0 atom stereocenters. The Morgan fingerprint density at radius 2 is 2.04 bits per heavy atom. The summed E-state index contributed by atoms with van der Waals surface area (Å²) in [7, 11) is 1.87. The lowest BCUT2D eigenvalue weighted by Crippen LogP contribution is -2.16. The molecule has 0 aliphatic carbocycles. The fourth-order valence-electron chi connectivity index (χ4n) is 2.45. The minimum Gasteiger partial charge on any atom is -0.490 e. The summed E-state index contributed by atoms with van der Waals surface area (Å²) in [6.45, 7) is 3.86. The number of aryl methyl sites for hydroxylation is 1. The number of amides is 1. The second kappa shape index (κ2) is 7.17. The summed E-state index contributed by atoms with van der Waals surface area (Å²) < 4.78 is 7.61. The highest BCUT2D eigenvalue weighted by atomic mass is 16.5. The van der Waals surface area contributed by atoms with Gasteiger partial charge in [0, 0.05) is 25.0 Å². The van der Waals surface area contributed by atoms with Crippen LogP contribution < -0.4 is 10.1 Å². The molecule has 128 valence electrons. The van der Waals surface area contributed by atoms with E-state index in [-0.39, 0.29) is 12.0 Å². The molecule has 0 unspecified atom stereocenters. The molecule has 1 N–H and O–H groups in total. The van der Waals surface area contributed by atoms with Gasteiger partial charge >= 0.3 is 0 Å². The first-order valence-electron chi connectivity index (χ1n) is 8.04. The van der Waals surface area contributed by atoms with Crippen molar-refractivity contribution in [3.05, 3.63) is 60.7 Å². The van der Waals surface area contributed by atoms with Gasteiger partial charge in [-0.1, -0.05) is 6.07 Å². The Kier molecular flexibility index (Phi) is 4.79. The lowest BCUT2D eigenvalue weighted by atomic mass is 10.1. The predicted octanol–water partition coefficient (Wildman–Crippen LogP) is 3.52. The van der Waals surface area contributed by atoms with Gasteiger partial charge in [-0.3, -0.25) is 14.5 Å². The van der Waals surface area contributed by atoms with E-state index in [4.69, 9.17) is 4.74 Å². The molecule has 6 nitrogen and oxygen atoms in total. The highest BCUT2D eigenvalue weighted by Crippen LogP contribution is 2.28. The van der Waals surface area contributed by atoms with E-state index in [1.54, 1.807) is 41.5 Å². The van der Waals surface area contributed by atoms with Gasteiger partial charge in [0.2, 0.25) is 0 Å². The molecule has 3 aromatic rings. The lowest BCUT2D eigenvalue weighted by Gasteiger charge is -2.15. The summed E-state index contributed by atoms with van der Waals surface area (Å²) in [6.07, 6.45) is 6.92. The van der Waals surface area contributed by atoms with Crippen LogP contribution in [-0.2, 0) is 7.05 Å². The van der Waals surface area contributed by atoms with E-state index >= 15 is 0 Å². The summed E-state index contributed by atoms with van der Waals surface area (Å²) >= 11 is 0. The zero-order valence-corrected chi connectivity index (χ0v) is 14.4. The topological polar surface area (TPSA) is 69.0 Å². The molecule has 25 heavy (non-hydrogen) atoms. The summed E-state index contributed by atoms with van der Waals surface area (Å²) in [4.78, 5) is 16.6. The number of nitrogens with zero attached hydrogens (tertiary/aromatic N) is 3. The van der Waals surface area contributed by atoms with Crippen LogP contribution in [0.25, 0.3) is 11.1 Å². The zero-order valence-electron chi connectivity index (χ0n) is 14.4. The number of hydrogen-bond donors (Lipinski definition) is 1. The Balaban J connectivity index is 1.93. The van der Waals surface area contributed by atoms with Crippen LogP contribution in [-0.4, -0.2) is 26.8 Å². The zero-order chi connectivity index (χ0) is 17.8. The lowest BCUT2D eigenvalue weighted by molar-refractivity contribution is 0.102. The van der Waals surface area contributed by atoms with Crippen LogP contribution >= 0.6 is 0 Å². The van der Waals surface area contributed by atoms with E-state index in [1.165, 1.54) is 0 Å². The number of nitrogens with one attached hydrogen (secondary N) is 1. The maximum atomic E-state index is 12.6. The average Bonchev–Trinajstić information content (AvgIpc) is 3.01. The summed E-state index contributed by atoms with van der Waals surface area (Å²) in [6, 6.07) is 9.09. The molecule has 2 heterocycles. The van der Waals surface area contributed by atoms with Crippen molar-refractivity contribution < 1.29 is 9.53 Å². The van der Waals surface area contributed by atoms with Gasteiger partial charge in [0.25, 0.3) is 5.91 Å². The summed E-state index contributed by atoms with van der Waals surface area (Å²) in [5.74, 6) is 0.305. The molecular weight excluding hydrogens is 316 g/mol.